The van der Waals surface area contributed by atoms with Crippen LogP contribution in [0.4, 0.5) is 0 Å². The van der Waals surface area contributed by atoms with Crippen molar-refractivity contribution in [1.29, 1.82) is 0 Å². The van der Waals surface area contributed by atoms with Crippen molar-refractivity contribution in [3.8, 4) is 0 Å². The van der Waals surface area contributed by atoms with Crippen molar-refractivity contribution in [2.75, 3.05) is 38.5 Å². The first-order chi connectivity index (χ1) is 9.77. The molecule has 1 rings (SSSR count). The first-order valence-electron chi connectivity index (χ1n) is 8.85. The lowest BCUT2D eigenvalue weighted by Crippen LogP contribution is -2.49. The summed E-state index contributed by atoms with van der Waals surface area (Å²) in [6.07, 6.45) is 11.0. The van der Waals surface area contributed by atoms with Crippen LogP contribution in [0.5, 0.6) is 0 Å². The molecular weight excluding hydrogens is 264 g/mol. The molecule has 0 N–H and O–H groups in total. The molecule has 0 aromatic heterocycles. The lowest BCUT2D eigenvalue weighted by atomic mass is 10.1. The van der Waals surface area contributed by atoms with E-state index in [-0.39, 0.29) is 0 Å². The topological polar surface area (TPSA) is 6.48 Å². The minimum atomic E-state index is 0.773. The van der Waals surface area contributed by atoms with E-state index in [2.05, 4.69) is 36.3 Å². The maximum Gasteiger partial charge on any atom is 0.0113 e. The van der Waals surface area contributed by atoms with Gasteiger partial charge in [0.05, 0.1) is 0 Å². The summed E-state index contributed by atoms with van der Waals surface area (Å²) in [6, 6.07) is 0.773. The zero-order valence-corrected chi connectivity index (χ0v) is 14.7. The summed E-state index contributed by atoms with van der Waals surface area (Å²) in [5.41, 5.74) is 0. The highest BCUT2D eigenvalue weighted by Crippen LogP contribution is 2.11. The van der Waals surface area contributed by atoms with E-state index in [1.807, 2.05) is 0 Å². The van der Waals surface area contributed by atoms with Gasteiger partial charge in [-0.2, -0.15) is 12.6 Å². The van der Waals surface area contributed by atoms with Gasteiger partial charge in [0.15, 0.2) is 0 Å². The summed E-state index contributed by atoms with van der Waals surface area (Å²) in [5, 5.41) is 0. The number of hydrogen-bond donors (Lipinski definition) is 1. The normalized spacial score (nSPS) is 19.4. The van der Waals surface area contributed by atoms with Crippen LogP contribution in [0, 0.1) is 0 Å². The van der Waals surface area contributed by atoms with Crippen molar-refractivity contribution in [2.45, 2.75) is 71.3 Å². The van der Waals surface area contributed by atoms with Gasteiger partial charge in [0.25, 0.3) is 0 Å². The molecule has 0 aromatic carbocycles. The number of rotatable bonds is 11. The van der Waals surface area contributed by atoms with Crippen LogP contribution in [0.2, 0.25) is 0 Å². The minimum absolute atomic E-state index is 0.773. The Bertz CT molecular complexity index is 215. The van der Waals surface area contributed by atoms with Crippen molar-refractivity contribution in [2.24, 2.45) is 0 Å². The molecule has 1 unspecified atom stereocenters. The predicted molar refractivity (Wildman–Crippen MR) is 93.9 cm³/mol. The van der Waals surface area contributed by atoms with E-state index in [9.17, 15) is 0 Å². The van der Waals surface area contributed by atoms with Gasteiger partial charge in [-0.05, 0) is 38.5 Å². The Kier molecular flexibility index (Phi) is 10.9. The number of nitrogens with zero attached hydrogens (tertiary/aromatic N) is 2. The van der Waals surface area contributed by atoms with Crippen LogP contribution in [-0.4, -0.2) is 54.3 Å². The minimum Gasteiger partial charge on any atom is -0.301 e. The summed E-state index contributed by atoms with van der Waals surface area (Å²) < 4.78 is 0. The third-order valence-corrected chi connectivity index (χ3v) is 5.07. The molecule has 0 radical (unpaired) electrons. The second kappa shape index (κ2) is 11.9. The Hall–Kier alpha value is 0.270. The van der Waals surface area contributed by atoms with Crippen LogP contribution >= 0.6 is 12.6 Å². The third-order valence-electron chi connectivity index (χ3n) is 4.75. The van der Waals surface area contributed by atoms with Gasteiger partial charge in [-0.15, -0.1) is 0 Å². The van der Waals surface area contributed by atoms with E-state index in [1.54, 1.807) is 0 Å². The van der Waals surface area contributed by atoms with Gasteiger partial charge in [0.1, 0.15) is 0 Å². The van der Waals surface area contributed by atoms with Gasteiger partial charge >= 0.3 is 0 Å². The highest BCUT2D eigenvalue weighted by molar-refractivity contribution is 7.80. The van der Waals surface area contributed by atoms with Crippen LogP contribution in [0.3, 0.4) is 0 Å². The number of unbranched alkanes of at least 4 members (excludes halogenated alkanes) is 6. The van der Waals surface area contributed by atoms with E-state index in [4.69, 9.17) is 0 Å². The second-order valence-corrected chi connectivity index (χ2v) is 6.78. The van der Waals surface area contributed by atoms with Crippen LogP contribution < -0.4 is 0 Å². The molecule has 0 spiro atoms. The first-order valence-corrected chi connectivity index (χ1v) is 9.48. The van der Waals surface area contributed by atoms with Crippen LogP contribution in [0.1, 0.15) is 65.2 Å². The van der Waals surface area contributed by atoms with Crippen molar-refractivity contribution >= 4 is 12.6 Å². The Labute approximate surface area is 132 Å². The monoisotopic (exact) mass is 300 g/mol. The molecule has 1 fully saturated rings. The largest absolute Gasteiger partial charge is 0.301 e. The highest BCUT2D eigenvalue weighted by atomic mass is 32.1. The van der Waals surface area contributed by atoms with Crippen molar-refractivity contribution in [3.05, 3.63) is 0 Å². The second-order valence-electron chi connectivity index (χ2n) is 6.33. The SMILES string of the molecule is CCC(C)N1CCN(CCCCCCCCCS)CC1. The Morgan fingerprint density at radius 3 is 1.95 bits per heavy atom. The number of piperazine rings is 1. The van der Waals surface area contributed by atoms with E-state index in [0.29, 0.717) is 0 Å². The smallest absolute Gasteiger partial charge is 0.0113 e. The highest BCUT2D eigenvalue weighted by Gasteiger charge is 2.19. The van der Waals surface area contributed by atoms with Crippen molar-refractivity contribution in [1.82, 2.24) is 9.80 Å². The van der Waals surface area contributed by atoms with E-state index in [0.717, 1.165) is 11.8 Å². The molecule has 0 aliphatic carbocycles. The van der Waals surface area contributed by atoms with Crippen LogP contribution in [0.25, 0.3) is 0 Å². The van der Waals surface area contributed by atoms with Gasteiger partial charge in [-0.1, -0.05) is 39.0 Å². The molecule has 1 heterocycles. The van der Waals surface area contributed by atoms with Crippen molar-refractivity contribution in [3.63, 3.8) is 0 Å². The molecule has 0 bridgehead atoms. The Balaban J connectivity index is 1.91. The fourth-order valence-electron chi connectivity index (χ4n) is 3.02. The molecule has 0 aromatic rings. The summed E-state index contributed by atoms with van der Waals surface area (Å²) in [6.45, 7) is 11.1. The standard InChI is InChI=1S/C17H36N2S/c1-3-17(2)19-14-12-18(13-15-19)11-9-7-5-4-6-8-10-16-20/h17,20H,3-16H2,1-2H3. The van der Waals surface area contributed by atoms with Gasteiger partial charge in [0.2, 0.25) is 0 Å². The lowest BCUT2D eigenvalue weighted by molar-refractivity contribution is 0.0994. The lowest BCUT2D eigenvalue weighted by Gasteiger charge is -2.37. The summed E-state index contributed by atoms with van der Waals surface area (Å²) in [5.74, 6) is 1.06. The Morgan fingerprint density at radius 1 is 0.850 bits per heavy atom. The molecule has 1 saturated heterocycles. The molecule has 0 saturated carbocycles. The molecule has 120 valence electrons. The maximum absolute atomic E-state index is 4.25. The zero-order chi connectivity index (χ0) is 14.6. The number of hydrogen-bond acceptors (Lipinski definition) is 3. The van der Waals surface area contributed by atoms with Crippen molar-refractivity contribution < 1.29 is 0 Å². The van der Waals surface area contributed by atoms with E-state index < -0.39 is 0 Å². The quantitative estimate of drug-likeness (QED) is 0.454. The first kappa shape index (κ1) is 18.3. The average Bonchev–Trinajstić information content (AvgIpc) is 2.50. The summed E-state index contributed by atoms with van der Waals surface area (Å²) >= 11 is 4.25. The summed E-state index contributed by atoms with van der Waals surface area (Å²) in [7, 11) is 0. The molecule has 20 heavy (non-hydrogen) atoms. The number of thiol groups is 1. The molecule has 1 aliphatic rings. The Morgan fingerprint density at radius 2 is 1.40 bits per heavy atom. The van der Waals surface area contributed by atoms with Gasteiger partial charge in [0, 0.05) is 32.2 Å². The van der Waals surface area contributed by atoms with Gasteiger partial charge < -0.3 is 4.90 Å². The zero-order valence-electron chi connectivity index (χ0n) is 13.8. The summed E-state index contributed by atoms with van der Waals surface area (Å²) in [4.78, 5) is 5.32. The third kappa shape index (κ3) is 7.90. The van der Waals surface area contributed by atoms with Crippen LogP contribution in [-0.2, 0) is 0 Å². The molecule has 1 aliphatic heterocycles. The maximum atomic E-state index is 4.25. The average molecular weight is 301 g/mol. The van der Waals surface area contributed by atoms with E-state index in [1.165, 1.54) is 84.1 Å². The fraction of sp³-hybridized carbons (Fsp3) is 1.00. The molecule has 0 amide bonds. The van der Waals surface area contributed by atoms with Gasteiger partial charge in [-0.25, -0.2) is 0 Å². The van der Waals surface area contributed by atoms with Gasteiger partial charge in [-0.3, -0.25) is 4.90 Å². The molecular formula is C17H36N2S. The molecule has 2 nitrogen and oxygen atoms in total. The molecule has 3 heteroatoms. The van der Waals surface area contributed by atoms with Crippen LogP contribution in [0.15, 0.2) is 0 Å². The fourth-order valence-corrected chi connectivity index (χ4v) is 3.24. The predicted octanol–water partition coefficient (Wildman–Crippen LogP) is 4.06. The van der Waals surface area contributed by atoms with E-state index >= 15 is 0 Å². The molecule has 1 atom stereocenters.